The first-order valence-electron chi connectivity index (χ1n) is 8.73. The number of carbonyl (C=O) groups excluding carboxylic acids is 1. The lowest BCUT2D eigenvalue weighted by Crippen LogP contribution is -2.50. The highest BCUT2D eigenvalue weighted by molar-refractivity contribution is 5.77. The van der Waals surface area contributed by atoms with Gasteiger partial charge in [-0.25, -0.2) is 0 Å². The van der Waals surface area contributed by atoms with Crippen LogP contribution >= 0.6 is 0 Å². The van der Waals surface area contributed by atoms with E-state index in [4.69, 9.17) is 9.26 Å². The number of aromatic nitrogens is 2. The van der Waals surface area contributed by atoms with Crippen molar-refractivity contribution in [3.63, 3.8) is 0 Å². The van der Waals surface area contributed by atoms with Crippen LogP contribution in [0.2, 0.25) is 0 Å². The summed E-state index contributed by atoms with van der Waals surface area (Å²) < 4.78 is 10.4. The topological polar surface area (TPSA) is 83.7 Å². The maximum absolute atomic E-state index is 11.8. The Morgan fingerprint density at radius 1 is 1.38 bits per heavy atom. The molecule has 1 saturated carbocycles. The highest BCUT2D eigenvalue weighted by Gasteiger charge is 2.31. The van der Waals surface area contributed by atoms with Crippen LogP contribution in [0, 0.1) is 0 Å². The first-order chi connectivity index (χ1) is 11.7. The Balaban J connectivity index is 1.41. The zero-order valence-corrected chi connectivity index (χ0v) is 14.5. The molecule has 1 atom stereocenters. The van der Waals surface area contributed by atoms with Crippen molar-refractivity contribution in [1.29, 1.82) is 0 Å². The predicted octanol–water partition coefficient (Wildman–Crippen LogP) is 0.388. The number of hydrogen-bond donors (Lipinski definition) is 1. The second-order valence-electron chi connectivity index (χ2n) is 6.60. The number of carbonyl (C=O) groups is 1. The van der Waals surface area contributed by atoms with Crippen LogP contribution in [0.25, 0.3) is 0 Å². The van der Waals surface area contributed by atoms with Crippen LogP contribution in [-0.2, 0) is 9.53 Å². The molecule has 0 spiro atoms. The van der Waals surface area contributed by atoms with Crippen LogP contribution in [0.15, 0.2) is 4.52 Å². The third-order valence-electron chi connectivity index (χ3n) is 4.71. The molecule has 1 aromatic heterocycles. The fourth-order valence-corrected chi connectivity index (χ4v) is 2.94. The van der Waals surface area contributed by atoms with Gasteiger partial charge < -0.3 is 14.6 Å². The summed E-state index contributed by atoms with van der Waals surface area (Å²) in [5, 5.41) is 6.96. The largest absolute Gasteiger partial charge is 0.383 e. The molecule has 1 aromatic rings. The van der Waals surface area contributed by atoms with Gasteiger partial charge in [-0.15, -0.1) is 0 Å². The molecule has 0 bridgehead atoms. The van der Waals surface area contributed by atoms with Gasteiger partial charge in [0.1, 0.15) is 0 Å². The highest BCUT2D eigenvalue weighted by atomic mass is 16.5. The molecule has 8 nitrogen and oxygen atoms in total. The molecular weight excluding hydrogens is 310 g/mol. The van der Waals surface area contributed by atoms with E-state index in [0.717, 1.165) is 32.0 Å². The molecule has 2 aliphatic rings. The standard InChI is InChI=1S/C16H27N5O3/c1-12(16-18-15(19-24-16)13-3-4-13)21-8-6-20(7-9-21)11-14(22)17-5-10-23-2/h12-13H,3-11H2,1-2H3,(H,17,22)/t12-/m1/s1. The number of nitrogens with zero attached hydrogens (tertiary/aromatic N) is 4. The lowest BCUT2D eigenvalue weighted by molar-refractivity contribution is -0.122. The van der Waals surface area contributed by atoms with Gasteiger partial charge in [-0.3, -0.25) is 14.6 Å². The van der Waals surface area contributed by atoms with E-state index in [1.807, 2.05) is 0 Å². The van der Waals surface area contributed by atoms with Gasteiger partial charge in [0, 0.05) is 45.8 Å². The van der Waals surface area contributed by atoms with Crippen LogP contribution in [0.3, 0.4) is 0 Å². The molecule has 134 valence electrons. The zero-order valence-electron chi connectivity index (χ0n) is 14.5. The Bertz CT molecular complexity index is 538. The molecule has 2 fully saturated rings. The lowest BCUT2D eigenvalue weighted by atomic mass is 10.2. The number of nitrogens with one attached hydrogen (secondary N) is 1. The maximum Gasteiger partial charge on any atom is 0.243 e. The van der Waals surface area contributed by atoms with Crippen molar-refractivity contribution in [2.75, 3.05) is 53.0 Å². The number of piperazine rings is 1. The van der Waals surface area contributed by atoms with Crippen molar-refractivity contribution in [2.45, 2.75) is 31.7 Å². The summed E-state index contributed by atoms with van der Waals surface area (Å²) in [6.07, 6.45) is 2.36. The van der Waals surface area contributed by atoms with Crippen LogP contribution in [0.4, 0.5) is 0 Å². The number of methoxy groups -OCH3 is 1. The number of ether oxygens (including phenoxy) is 1. The number of hydrogen-bond acceptors (Lipinski definition) is 7. The van der Waals surface area contributed by atoms with Crippen molar-refractivity contribution in [2.24, 2.45) is 0 Å². The summed E-state index contributed by atoms with van der Waals surface area (Å²) in [5.41, 5.74) is 0. The Labute approximate surface area is 142 Å². The molecule has 0 radical (unpaired) electrons. The van der Waals surface area contributed by atoms with Gasteiger partial charge in [-0.2, -0.15) is 4.98 Å². The van der Waals surface area contributed by atoms with Crippen molar-refractivity contribution in [1.82, 2.24) is 25.3 Å². The summed E-state index contributed by atoms with van der Waals surface area (Å²) in [6.45, 7) is 7.19. The lowest BCUT2D eigenvalue weighted by Gasteiger charge is -2.36. The van der Waals surface area contributed by atoms with E-state index in [0.29, 0.717) is 31.5 Å². The molecule has 3 rings (SSSR count). The van der Waals surface area contributed by atoms with Gasteiger partial charge >= 0.3 is 0 Å². The second kappa shape index (κ2) is 8.04. The molecule has 2 heterocycles. The van der Waals surface area contributed by atoms with Gasteiger partial charge in [0.2, 0.25) is 11.8 Å². The van der Waals surface area contributed by atoms with Crippen LogP contribution in [0.5, 0.6) is 0 Å². The van der Waals surface area contributed by atoms with Gasteiger partial charge in [-0.05, 0) is 19.8 Å². The summed E-state index contributed by atoms with van der Waals surface area (Å²) >= 11 is 0. The summed E-state index contributed by atoms with van der Waals surface area (Å²) in [4.78, 5) is 20.9. The van der Waals surface area contributed by atoms with Crippen LogP contribution < -0.4 is 5.32 Å². The zero-order chi connectivity index (χ0) is 16.9. The number of rotatable bonds is 8. The third-order valence-corrected chi connectivity index (χ3v) is 4.71. The van der Waals surface area contributed by atoms with Gasteiger partial charge in [-0.1, -0.05) is 5.16 Å². The van der Waals surface area contributed by atoms with Crippen molar-refractivity contribution in [3.8, 4) is 0 Å². The number of amides is 1. The minimum absolute atomic E-state index is 0.0551. The average Bonchev–Trinajstić information content (AvgIpc) is 3.32. The smallest absolute Gasteiger partial charge is 0.243 e. The van der Waals surface area contributed by atoms with E-state index >= 15 is 0 Å². The fourth-order valence-electron chi connectivity index (χ4n) is 2.94. The van der Waals surface area contributed by atoms with Crippen molar-refractivity contribution in [3.05, 3.63) is 11.7 Å². The first kappa shape index (κ1) is 17.3. The Kier molecular flexibility index (Phi) is 5.80. The summed E-state index contributed by atoms with van der Waals surface area (Å²) in [7, 11) is 1.63. The third kappa shape index (κ3) is 4.52. The van der Waals surface area contributed by atoms with Gasteiger partial charge in [0.05, 0.1) is 19.2 Å². The molecule has 0 aromatic carbocycles. The molecule has 1 aliphatic carbocycles. The van der Waals surface area contributed by atoms with Crippen molar-refractivity contribution >= 4 is 5.91 Å². The molecular formula is C16H27N5O3. The monoisotopic (exact) mass is 337 g/mol. The van der Waals surface area contributed by atoms with Gasteiger partial charge in [0.15, 0.2) is 5.82 Å². The van der Waals surface area contributed by atoms with Crippen LogP contribution in [0.1, 0.15) is 43.4 Å². The average molecular weight is 337 g/mol. The van der Waals surface area contributed by atoms with E-state index in [-0.39, 0.29) is 11.9 Å². The Hall–Kier alpha value is -1.51. The maximum atomic E-state index is 11.8. The van der Waals surface area contributed by atoms with Crippen molar-refractivity contribution < 1.29 is 14.1 Å². The van der Waals surface area contributed by atoms with E-state index in [1.165, 1.54) is 12.8 Å². The summed E-state index contributed by atoms with van der Waals surface area (Å²) in [6, 6.07) is 0.127. The SMILES string of the molecule is COCCNC(=O)CN1CCN([C@H](C)c2nc(C3CC3)no2)CC1. The second-order valence-corrected chi connectivity index (χ2v) is 6.60. The molecule has 1 N–H and O–H groups in total. The minimum Gasteiger partial charge on any atom is -0.383 e. The molecule has 1 aliphatic heterocycles. The van der Waals surface area contributed by atoms with E-state index in [1.54, 1.807) is 7.11 Å². The Morgan fingerprint density at radius 2 is 2.12 bits per heavy atom. The molecule has 1 amide bonds. The molecule has 8 heteroatoms. The normalized spacial score (nSPS) is 20.9. The first-order valence-corrected chi connectivity index (χ1v) is 8.73. The molecule has 0 unspecified atom stereocenters. The fraction of sp³-hybridized carbons (Fsp3) is 0.812. The minimum atomic E-state index is 0.0551. The Morgan fingerprint density at radius 3 is 2.79 bits per heavy atom. The van der Waals surface area contributed by atoms with Gasteiger partial charge in [0.25, 0.3) is 0 Å². The predicted molar refractivity (Wildman–Crippen MR) is 87.6 cm³/mol. The van der Waals surface area contributed by atoms with E-state index in [9.17, 15) is 4.79 Å². The quantitative estimate of drug-likeness (QED) is 0.687. The van der Waals surface area contributed by atoms with E-state index < -0.39 is 0 Å². The molecule has 24 heavy (non-hydrogen) atoms. The van der Waals surface area contributed by atoms with E-state index in [2.05, 4.69) is 32.2 Å². The summed E-state index contributed by atoms with van der Waals surface area (Å²) in [5.74, 6) is 2.15. The molecule has 1 saturated heterocycles. The van der Waals surface area contributed by atoms with Crippen LogP contribution in [-0.4, -0.2) is 78.8 Å². The highest BCUT2D eigenvalue weighted by Crippen LogP contribution is 2.38.